The minimum Gasteiger partial charge on any atom is -0.297 e. The van der Waals surface area contributed by atoms with Crippen LogP contribution in [0.1, 0.15) is 30.9 Å². The van der Waals surface area contributed by atoms with Gasteiger partial charge in [0.05, 0.1) is 18.0 Å². The smallest absolute Gasteiger partial charge is 0.278 e. The Hall–Kier alpha value is -3.19. The number of aliphatic imine (C=N–C) groups is 1. The zero-order valence-corrected chi connectivity index (χ0v) is 22.9. The number of hydrogen-bond acceptors (Lipinski definition) is 5. The monoisotopic (exact) mass is 524 g/mol. The molecular weight excluding hydrogens is 488 g/mol. The number of piperazine rings is 1. The Morgan fingerprint density at radius 2 is 1.58 bits per heavy atom. The number of unbranched alkanes of at least 4 members (excludes halogenated alkanes) is 1. The Morgan fingerprint density at radius 3 is 2.34 bits per heavy atom. The highest BCUT2D eigenvalue weighted by Crippen LogP contribution is 2.31. The first-order valence-corrected chi connectivity index (χ1v) is 14.6. The molecule has 1 amide bonds. The number of fused-ring (bicyclic) bond motifs is 1. The van der Waals surface area contributed by atoms with Gasteiger partial charge in [0.2, 0.25) is 0 Å². The molecule has 1 saturated heterocycles. The second kappa shape index (κ2) is 13.1. The summed E-state index contributed by atoms with van der Waals surface area (Å²) in [6.07, 6.45) is 6.85. The van der Waals surface area contributed by atoms with Gasteiger partial charge in [-0.3, -0.25) is 19.5 Å². The van der Waals surface area contributed by atoms with Crippen molar-refractivity contribution in [3.8, 4) is 0 Å². The summed E-state index contributed by atoms with van der Waals surface area (Å²) in [5, 5.41) is 0. The molecule has 196 valence electrons. The van der Waals surface area contributed by atoms with E-state index in [1.54, 1.807) is 0 Å². The molecule has 5 rings (SSSR count). The first kappa shape index (κ1) is 26.4. The molecule has 0 unspecified atom stereocenters. The van der Waals surface area contributed by atoms with Crippen molar-refractivity contribution in [3.63, 3.8) is 0 Å². The second-order valence-corrected chi connectivity index (χ2v) is 10.9. The molecule has 0 spiro atoms. The number of para-hydroxylation sites is 1. The molecule has 6 heteroatoms. The quantitative estimate of drug-likeness (QED) is 0.229. The van der Waals surface area contributed by atoms with Crippen molar-refractivity contribution in [2.24, 2.45) is 4.99 Å². The maximum Gasteiger partial charge on any atom is 0.278 e. The van der Waals surface area contributed by atoms with Crippen LogP contribution in [0.5, 0.6) is 0 Å². The maximum absolute atomic E-state index is 13.6. The van der Waals surface area contributed by atoms with Gasteiger partial charge in [-0.15, -0.1) is 11.8 Å². The lowest BCUT2D eigenvalue weighted by Gasteiger charge is -2.36. The fourth-order valence-corrected chi connectivity index (χ4v) is 5.80. The predicted octanol–water partition coefficient (Wildman–Crippen LogP) is 6.33. The molecule has 2 heterocycles. The van der Waals surface area contributed by atoms with Gasteiger partial charge >= 0.3 is 0 Å². The highest BCUT2D eigenvalue weighted by Gasteiger charge is 2.35. The molecule has 2 aliphatic heterocycles. The van der Waals surface area contributed by atoms with E-state index in [9.17, 15) is 4.79 Å². The van der Waals surface area contributed by atoms with E-state index in [0.717, 1.165) is 55.4 Å². The van der Waals surface area contributed by atoms with Gasteiger partial charge in [-0.2, -0.15) is 0 Å². The van der Waals surface area contributed by atoms with E-state index in [0.29, 0.717) is 12.4 Å². The van der Waals surface area contributed by atoms with Crippen LogP contribution in [0.15, 0.2) is 94.8 Å². The summed E-state index contributed by atoms with van der Waals surface area (Å²) in [5.41, 5.74) is 4.47. The molecule has 0 aliphatic carbocycles. The first-order chi connectivity index (χ1) is 18.7. The van der Waals surface area contributed by atoms with Crippen molar-refractivity contribution in [1.29, 1.82) is 0 Å². The van der Waals surface area contributed by atoms with Crippen molar-refractivity contribution in [2.75, 3.05) is 50.0 Å². The van der Waals surface area contributed by atoms with Gasteiger partial charge < -0.3 is 0 Å². The number of amides is 1. The third-order valence-corrected chi connectivity index (χ3v) is 8.12. The lowest BCUT2D eigenvalue weighted by Crippen LogP contribution is -2.51. The van der Waals surface area contributed by atoms with Gasteiger partial charge in [-0.25, -0.2) is 4.99 Å². The standard InChI is InChI=1S/C32H36N4OS/c1-2-3-24-38-28-17-15-27(16-18-28)33-31-29-13-7-8-14-30(29)36(32(31)37)25-35-22-20-34(21-23-35)19-9-12-26-10-5-4-6-11-26/h4-18H,2-3,19-25H2,1H3/b12-9+,33-31?. The number of thioether (sulfide) groups is 1. The number of carbonyl (C=O) groups excluding carboxylic acids is 1. The van der Waals surface area contributed by atoms with Crippen LogP contribution >= 0.6 is 11.8 Å². The minimum atomic E-state index is -0.0131. The van der Waals surface area contributed by atoms with Gasteiger partial charge in [0, 0.05) is 43.2 Å². The van der Waals surface area contributed by atoms with Crippen LogP contribution < -0.4 is 4.90 Å². The van der Waals surface area contributed by atoms with Gasteiger partial charge in [0.1, 0.15) is 5.71 Å². The Morgan fingerprint density at radius 1 is 0.868 bits per heavy atom. The third-order valence-electron chi connectivity index (χ3n) is 7.02. The van der Waals surface area contributed by atoms with Gasteiger partial charge in [-0.05, 0) is 48.1 Å². The van der Waals surface area contributed by atoms with E-state index in [2.05, 4.69) is 65.3 Å². The summed E-state index contributed by atoms with van der Waals surface area (Å²) < 4.78 is 0. The molecule has 0 saturated carbocycles. The van der Waals surface area contributed by atoms with Crippen LogP contribution in [0.4, 0.5) is 11.4 Å². The molecule has 2 aliphatic rings. The number of carbonyl (C=O) groups is 1. The molecule has 3 aromatic rings. The summed E-state index contributed by atoms with van der Waals surface area (Å²) in [5.74, 6) is 1.12. The van der Waals surface area contributed by atoms with E-state index in [4.69, 9.17) is 4.99 Å². The topological polar surface area (TPSA) is 39.2 Å². The second-order valence-electron chi connectivity index (χ2n) is 9.78. The van der Waals surface area contributed by atoms with Crippen LogP contribution in [0.3, 0.4) is 0 Å². The van der Waals surface area contributed by atoms with Crippen molar-refractivity contribution in [2.45, 2.75) is 24.7 Å². The molecule has 0 aromatic heterocycles. The Kier molecular flexibility index (Phi) is 9.07. The first-order valence-electron chi connectivity index (χ1n) is 13.6. The Balaban J connectivity index is 1.20. The average molecular weight is 525 g/mol. The van der Waals surface area contributed by atoms with Crippen LogP contribution in [0, 0.1) is 0 Å². The van der Waals surface area contributed by atoms with Crippen LogP contribution in [-0.2, 0) is 4.79 Å². The third kappa shape index (κ3) is 6.62. The maximum atomic E-state index is 13.6. The molecule has 0 radical (unpaired) electrons. The van der Waals surface area contributed by atoms with Crippen molar-refractivity contribution >= 4 is 40.8 Å². The molecule has 1 fully saturated rings. The number of rotatable bonds is 10. The SMILES string of the molecule is CCCCSc1ccc(N=C2C(=O)N(CN3CCN(C/C=C/c4ccccc4)CC3)c3ccccc32)cc1. The normalized spacial score (nSPS) is 17.6. The molecule has 0 N–H and O–H groups in total. The van der Waals surface area contributed by atoms with Crippen molar-refractivity contribution in [1.82, 2.24) is 9.80 Å². The lowest BCUT2D eigenvalue weighted by atomic mass is 10.1. The molecule has 38 heavy (non-hydrogen) atoms. The molecule has 3 aromatic carbocycles. The highest BCUT2D eigenvalue weighted by atomic mass is 32.2. The van der Waals surface area contributed by atoms with Crippen molar-refractivity contribution < 1.29 is 4.79 Å². The van der Waals surface area contributed by atoms with Gasteiger partial charge in [0.15, 0.2) is 0 Å². The number of hydrogen-bond donors (Lipinski definition) is 0. The van der Waals surface area contributed by atoms with E-state index in [-0.39, 0.29) is 5.91 Å². The average Bonchev–Trinajstić information content (AvgIpc) is 3.21. The lowest BCUT2D eigenvalue weighted by molar-refractivity contribution is -0.112. The van der Waals surface area contributed by atoms with Crippen LogP contribution in [-0.4, -0.2) is 66.6 Å². The number of anilines is 1. The summed E-state index contributed by atoms with van der Waals surface area (Å²) >= 11 is 1.87. The Labute approximate surface area is 230 Å². The summed E-state index contributed by atoms with van der Waals surface area (Å²) in [4.78, 5) is 26.4. The summed E-state index contributed by atoms with van der Waals surface area (Å²) in [7, 11) is 0. The Bertz CT molecular complexity index is 1260. The van der Waals surface area contributed by atoms with E-state index in [1.165, 1.54) is 23.3 Å². The van der Waals surface area contributed by atoms with E-state index >= 15 is 0 Å². The fourth-order valence-electron chi connectivity index (χ4n) is 4.81. The van der Waals surface area contributed by atoms with Crippen LogP contribution in [0.25, 0.3) is 6.08 Å². The zero-order chi connectivity index (χ0) is 26.2. The van der Waals surface area contributed by atoms with E-state index in [1.807, 2.05) is 59.1 Å². The van der Waals surface area contributed by atoms with E-state index < -0.39 is 0 Å². The minimum absolute atomic E-state index is 0.0131. The van der Waals surface area contributed by atoms with Gasteiger partial charge in [-0.1, -0.05) is 74.0 Å². The summed E-state index contributed by atoms with van der Waals surface area (Å²) in [6, 6.07) is 26.7. The molecule has 0 bridgehead atoms. The summed E-state index contributed by atoms with van der Waals surface area (Å²) in [6.45, 7) is 7.62. The zero-order valence-electron chi connectivity index (χ0n) is 22.1. The fraction of sp³-hybridized carbons (Fsp3) is 0.312. The largest absolute Gasteiger partial charge is 0.297 e. The molecule has 5 nitrogen and oxygen atoms in total. The highest BCUT2D eigenvalue weighted by molar-refractivity contribution is 7.99. The molecular formula is C32H36N4OS. The van der Waals surface area contributed by atoms with Gasteiger partial charge in [0.25, 0.3) is 5.91 Å². The van der Waals surface area contributed by atoms with Crippen molar-refractivity contribution in [3.05, 3.63) is 96.1 Å². The number of nitrogens with zero attached hydrogens (tertiary/aromatic N) is 4. The molecule has 0 atom stereocenters. The van der Waals surface area contributed by atoms with Crippen LogP contribution in [0.2, 0.25) is 0 Å². The number of benzene rings is 3. The predicted molar refractivity (Wildman–Crippen MR) is 161 cm³/mol.